The van der Waals surface area contributed by atoms with E-state index in [0.29, 0.717) is 13.1 Å². The van der Waals surface area contributed by atoms with Crippen LogP contribution in [0.1, 0.15) is 33.6 Å². The summed E-state index contributed by atoms with van der Waals surface area (Å²) in [5.41, 5.74) is -0.801. The van der Waals surface area contributed by atoms with Gasteiger partial charge in [0, 0.05) is 25.5 Å². The molecule has 0 aromatic heterocycles. The Labute approximate surface area is 131 Å². The Morgan fingerprint density at radius 2 is 2.23 bits per heavy atom. The smallest absolute Gasteiger partial charge is 0.341 e. The maximum Gasteiger partial charge on any atom is 0.341 e. The average molecular weight is 313 g/mol. The van der Waals surface area contributed by atoms with E-state index in [2.05, 4.69) is 0 Å². The van der Waals surface area contributed by atoms with Gasteiger partial charge in [-0.2, -0.15) is 0 Å². The molecule has 22 heavy (non-hydrogen) atoms. The number of quaternary nitrogens is 1. The lowest BCUT2D eigenvalue weighted by Crippen LogP contribution is -2.54. The standard InChI is InChI=1S/C16H27NO5/c1-11(2)16(19,12(3)21-4)15(18)22-10-13-7-9-17(20)8-5-6-14(13)17/h7,11-12,14,19H,5-6,8-10H2,1-4H3/t12-,14+,16-,17?/m1/s1. The number of hydrogen-bond acceptors (Lipinski definition) is 5. The quantitative estimate of drug-likeness (QED) is 0.347. The largest absolute Gasteiger partial charge is 0.632 e. The molecule has 126 valence electrons. The van der Waals surface area contributed by atoms with E-state index in [1.807, 2.05) is 6.08 Å². The molecule has 1 saturated heterocycles. The van der Waals surface area contributed by atoms with Crippen molar-refractivity contribution in [1.82, 2.24) is 0 Å². The molecule has 0 aliphatic carbocycles. The number of carbonyl (C=O) groups is 1. The highest BCUT2D eigenvalue weighted by Crippen LogP contribution is 2.36. The van der Waals surface area contributed by atoms with E-state index in [0.717, 1.165) is 18.4 Å². The number of aliphatic hydroxyl groups is 1. The third-order valence-corrected chi connectivity index (χ3v) is 5.22. The maximum atomic E-state index is 12.5. The van der Waals surface area contributed by atoms with Crippen LogP contribution >= 0.6 is 0 Å². The van der Waals surface area contributed by atoms with Gasteiger partial charge in [0.1, 0.15) is 12.6 Å². The lowest BCUT2D eigenvalue weighted by atomic mass is 9.85. The molecule has 0 aromatic carbocycles. The highest BCUT2D eigenvalue weighted by Gasteiger charge is 2.47. The zero-order chi connectivity index (χ0) is 16.5. The Bertz CT molecular complexity index is 463. The molecule has 0 saturated carbocycles. The van der Waals surface area contributed by atoms with Crippen molar-refractivity contribution in [3.63, 3.8) is 0 Å². The normalized spacial score (nSPS) is 31.6. The van der Waals surface area contributed by atoms with Crippen LogP contribution in [-0.4, -0.2) is 60.3 Å². The Balaban J connectivity index is 2.00. The van der Waals surface area contributed by atoms with Crippen molar-refractivity contribution in [3.8, 4) is 0 Å². The molecule has 0 bridgehead atoms. The van der Waals surface area contributed by atoms with Crippen molar-refractivity contribution in [1.29, 1.82) is 0 Å². The van der Waals surface area contributed by atoms with Crippen LogP contribution in [0.25, 0.3) is 0 Å². The number of hydrogen-bond donors (Lipinski definition) is 1. The van der Waals surface area contributed by atoms with E-state index < -0.39 is 17.7 Å². The summed E-state index contributed by atoms with van der Waals surface area (Å²) in [6, 6.07) is -0.0835. The fourth-order valence-electron chi connectivity index (χ4n) is 3.53. The Hall–Kier alpha value is -0.950. The molecule has 6 nitrogen and oxygen atoms in total. The second kappa shape index (κ2) is 6.28. The van der Waals surface area contributed by atoms with Gasteiger partial charge < -0.3 is 24.4 Å². The molecule has 0 amide bonds. The molecule has 2 aliphatic rings. The van der Waals surface area contributed by atoms with Gasteiger partial charge in [-0.25, -0.2) is 4.79 Å². The number of ether oxygens (including phenoxy) is 2. The number of hydroxylamine groups is 3. The molecule has 2 aliphatic heterocycles. The van der Waals surface area contributed by atoms with Gasteiger partial charge in [-0.15, -0.1) is 0 Å². The third kappa shape index (κ3) is 2.80. The summed E-state index contributed by atoms with van der Waals surface area (Å²) in [5.74, 6) is -1.03. The van der Waals surface area contributed by atoms with Crippen molar-refractivity contribution in [2.24, 2.45) is 5.92 Å². The molecule has 6 heteroatoms. The fourth-order valence-corrected chi connectivity index (χ4v) is 3.53. The average Bonchev–Trinajstić information content (AvgIpc) is 2.99. The molecule has 2 heterocycles. The second-order valence-corrected chi connectivity index (χ2v) is 6.73. The van der Waals surface area contributed by atoms with Gasteiger partial charge in [0.15, 0.2) is 5.60 Å². The minimum Gasteiger partial charge on any atom is -0.632 e. The van der Waals surface area contributed by atoms with Crippen molar-refractivity contribution in [3.05, 3.63) is 16.9 Å². The minimum absolute atomic E-state index is 0.0806. The predicted octanol–water partition coefficient (Wildman–Crippen LogP) is 1.37. The van der Waals surface area contributed by atoms with Crippen LogP contribution < -0.4 is 0 Å². The lowest BCUT2D eigenvalue weighted by molar-refractivity contribution is -0.875. The van der Waals surface area contributed by atoms with Crippen molar-refractivity contribution >= 4 is 5.97 Å². The van der Waals surface area contributed by atoms with Gasteiger partial charge >= 0.3 is 5.97 Å². The van der Waals surface area contributed by atoms with Gasteiger partial charge in [0.2, 0.25) is 0 Å². The molecule has 1 fully saturated rings. The number of rotatable bonds is 6. The number of methoxy groups -OCH3 is 1. The summed E-state index contributed by atoms with van der Waals surface area (Å²) in [6.45, 7) is 6.32. The van der Waals surface area contributed by atoms with Gasteiger partial charge in [0.05, 0.1) is 19.2 Å². The summed E-state index contributed by atoms with van der Waals surface area (Å²) < 4.78 is 10.3. The van der Waals surface area contributed by atoms with Crippen LogP contribution in [0.3, 0.4) is 0 Å². The van der Waals surface area contributed by atoms with Gasteiger partial charge in [-0.3, -0.25) is 0 Å². The van der Waals surface area contributed by atoms with E-state index in [-0.39, 0.29) is 23.2 Å². The molecule has 0 radical (unpaired) electrons. The zero-order valence-electron chi connectivity index (χ0n) is 13.9. The molecular weight excluding hydrogens is 286 g/mol. The van der Waals surface area contributed by atoms with Crippen LogP contribution in [0.5, 0.6) is 0 Å². The molecule has 1 N–H and O–H groups in total. The van der Waals surface area contributed by atoms with Gasteiger partial charge in [0.25, 0.3) is 0 Å². The molecule has 4 atom stereocenters. The minimum atomic E-state index is -1.69. The van der Waals surface area contributed by atoms with Crippen LogP contribution in [-0.2, 0) is 14.3 Å². The summed E-state index contributed by atoms with van der Waals surface area (Å²) in [4.78, 5) is 12.4. The molecule has 0 spiro atoms. The van der Waals surface area contributed by atoms with Crippen molar-refractivity contribution < 1.29 is 24.0 Å². The Kier molecular flexibility index (Phi) is 4.96. The summed E-state index contributed by atoms with van der Waals surface area (Å²) in [5, 5.41) is 23.1. The first-order valence-electron chi connectivity index (χ1n) is 7.94. The molecule has 0 aromatic rings. The van der Waals surface area contributed by atoms with E-state index >= 15 is 0 Å². The van der Waals surface area contributed by atoms with E-state index in [1.54, 1.807) is 20.8 Å². The highest BCUT2D eigenvalue weighted by molar-refractivity contribution is 5.80. The fraction of sp³-hybridized carbons (Fsp3) is 0.812. The van der Waals surface area contributed by atoms with E-state index in [4.69, 9.17) is 9.47 Å². The lowest BCUT2D eigenvalue weighted by Gasteiger charge is -2.40. The SMILES string of the molecule is CO[C@H](C)[C@@](O)(C(=O)OCC1=CC[N+]2([O-])CCC[C@@H]12)C(C)C. The van der Waals surface area contributed by atoms with Crippen molar-refractivity contribution in [2.75, 3.05) is 26.8 Å². The molecular formula is C16H27NO5. The Morgan fingerprint density at radius 1 is 1.55 bits per heavy atom. The van der Waals surface area contributed by atoms with Gasteiger partial charge in [-0.1, -0.05) is 13.8 Å². The van der Waals surface area contributed by atoms with E-state index in [9.17, 15) is 15.1 Å². The first-order chi connectivity index (χ1) is 10.3. The third-order valence-electron chi connectivity index (χ3n) is 5.22. The highest BCUT2D eigenvalue weighted by atomic mass is 16.6. The number of esters is 1. The van der Waals surface area contributed by atoms with Crippen LogP contribution in [0.2, 0.25) is 0 Å². The monoisotopic (exact) mass is 313 g/mol. The maximum absolute atomic E-state index is 12.5. The number of carbonyl (C=O) groups excluding carboxylic acids is 1. The summed E-state index contributed by atoms with van der Waals surface area (Å²) >= 11 is 0. The Morgan fingerprint density at radius 3 is 2.82 bits per heavy atom. The number of nitrogens with zero attached hydrogens (tertiary/aromatic N) is 1. The molecule has 1 unspecified atom stereocenters. The second-order valence-electron chi connectivity index (χ2n) is 6.73. The van der Waals surface area contributed by atoms with Crippen LogP contribution in [0.4, 0.5) is 0 Å². The topological polar surface area (TPSA) is 78.8 Å². The molecule has 2 rings (SSSR count). The number of fused-ring (bicyclic) bond motifs is 1. The summed E-state index contributed by atoms with van der Waals surface area (Å²) in [7, 11) is 1.45. The summed E-state index contributed by atoms with van der Waals surface area (Å²) in [6.07, 6.45) is 2.97. The van der Waals surface area contributed by atoms with E-state index in [1.165, 1.54) is 7.11 Å². The van der Waals surface area contributed by atoms with Crippen molar-refractivity contribution in [2.45, 2.75) is 51.4 Å². The van der Waals surface area contributed by atoms with Crippen LogP contribution in [0, 0.1) is 11.1 Å². The first kappa shape index (κ1) is 17.4. The van der Waals surface area contributed by atoms with Crippen LogP contribution in [0.15, 0.2) is 11.6 Å². The first-order valence-corrected chi connectivity index (χ1v) is 7.94. The predicted molar refractivity (Wildman–Crippen MR) is 81.7 cm³/mol. The van der Waals surface area contributed by atoms with Gasteiger partial charge in [-0.05, 0) is 18.9 Å². The zero-order valence-corrected chi connectivity index (χ0v) is 13.9.